The van der Waals surface area contributed by atoms with Gasteiger partial charge in [-0.15, -0.1) is 0 Å². The molecule has 0 radical (unpaired) electrons. The number of unbranched alkanes of at least 4 members (excludes halogenated alkanes) is 10. The molecule has 0 aromatic heterocycles. The maximum atomic E-state index is 11.7. The summed E-state index contributed by atoms with van der Waals surface area (Å²) in [5, 5.41) is 42.3. The van der Waals surface area contributed by atoms with Crippen LogP contribution in [0.25, 0.3) is 0 Å². The van der Waals surface area contributed by atoms with Gasteiger partial charge in [0, 0.05) is 12.0 Å². The molecule has 45 heavy (non-hydrogen) atoms. The molecule has 0 spiro atoms. The third-order valence-corrected chi connectivity index (χ3v) is 10.1. The molecule has 2 saturated heterocycles. The van der Waals surface area contributed by atoms with E-state index < -0.39 is 24.4 Å². The number of aliphatic hydroxyl groups excluding tert-OH is 4. The van der Waals surface area contributed by atoms with Crippen molar-refractivity contribution >= 4 is 5.97 Å². The van der Waals surface area contributed by atoms with Crippen LogP contribution in [0.1, 0.15) is 162 Å². The zero-order valence-corrected chi connectivity index (χ0v) is 28.5. The Morgan fingerprint density at radius 1 is 0.667 bits per heavy atom. The second-order valence-electron chi connectivity index (χ2n) is 14.2. The van der Waals surface area contributed by atoms with Crippen molar-refractivity contribution in [1.82, 2.24) is 0 Å². The van der Waals surface area contributed by atoms with E-state index in [9.17, 15) is 25.2 Å². The molecule has 3 rings (SSSR count). The maximum Gasteiger partial charge on any atom is 0.334 e. The molecule has 0 aliphatic carbocycles. The minimum atomic E-state index is -0.575. The van der Waals surface area contributed by atoms with Crippen molar-refractivity contribution in [2.45, 2.75) is 216 Å². The number of hydrogen-bond donors (Lipinski definition) is 4. The van der Waals surface area contributed by atoms with E-state index in [0.717, 1.165) is 64.2 Å². The largest absolute Gasteiger partial charge is 0.455 e. The first kappa shape index (κ1) is 38.4. The molecule has 0 bridgehead atoms. The first-order valence-electron chi connectivity index (χ1n) is 18.7. The van der Waals surface area contributed by atoms with Crippen LogP contribution in [-0.4, -0.2) is 81.3 Å². The molecule has 3 heterocycles. The number of aliphatic hydroxyl groups is 4. The Bertz CT molecular complexity index is 833. The van der Waals surface area contributed by atoms with Gasteiger partial charge in [0.2, 0.25) is 0 Å². The van der Waals surface area contributed by atoms with Gasteiger partial charge in [-0.1, -0.05) is 84.0 Å². The Balaban J connectivity index is 1.17. The van der Waals surface area contributed by atoms with Crippen LogP contribution < -0.4 is 0 Å². The molecule has 0 unspecified atom stereocenters. The van der Waals surface area contributed by atoms with Crippen LogP contribution >= 0.6 is 0 Å². The molecule has 3 aliphatic rings. The van der Waals surface area contributed by atoms with Crippen molar-refractivity contribution in [2.75, 3.05) is 0 Å². The standard InChI is InChI=1S/C37H66O8/c1-3-4-5-6-7-8-9-10-11-12-18-32(40)35-23-24-36(45-35)33(41)20-15-17-30-21-22-34(44-30)31(39)19-14-13-16-29(38)26-28-25-27(2)43-37(28)42/h25,27,29-36,38-41H,3-24,26H2,1-2H3/t27-,29+,30+,31-,32+,33+,34-,35+,36+/m0/s1. The molecule has 8 nitrogen and oxygen atoms in total. The number of carbonyl (C=O) groups excluding carboxylic acids is 1. The van der Waals surface area contributed by atoms with Gasteiger partial charge in [0.1, 0.15) is 6.10 Å². The Hall–Kier alpha value is -1.03. The van der Waals surface area contributed by atoms with Gasteiger partial charge in [0.25, 0.3) is 0 Å². The highest BCUT2D eigenvalue weighted by Gasteiger charge is 2.35. The summed E-state index contributed by atoms with van der Waals surface area (Å²) in [6.07, 6.45) is 21.7. The third kappa shape index (κ3) is 14.7. The van der Waals surface area contributed by atoms with Crippen LogP contribution in [0.4, 0.5) is 0 Å². The SMILES string of the molecule is CCCCCCCCCCCC[C@@H](O)[C@H]1CC[C@H]([C@H](O)CCC[C@@H]2CC[C@@H]([C@@H](O)CCCC[C@@H](O)CC3=C[C@H](C)OC3=O)O2)O1. The van der Waals surface area contributed by atoms with E-state index in [0.29, 0.717) is 31.3 Å². The van der Waals surface area contributed by atoms with E-state index >= 15 is 0 Å². The second kappa shape index (κ2) is 21.8. The monoisotopic (exact) mass is 638 g/mol. The summed E-state index contributed by atoms with van der Waals surface area (Å²) in [4.78, 5) is 11.7. The van der Waals surface area contributed by atoms with Crippen molar-refractivity contribution < 1.29 is 39.4 Å². The number of ether oxygens (including phenoxy) is 3. The molecule has 0 saturated carbocycles. The molecular formula is C37H66O8. The van der Waals surface area contributed by atoms with Gasteiger partial charge in [-0.3, -0.25) is 0 Å². The van der Waals surface area contributed by atoms with Crippen molar-refractivity contribution in [3.63, 3.8) is 0 Å². The average molecular weight is 639 g/mol. The summed E-state index contributed by atoms with van der Waals surface area (Å²) < 4.78 is 17.3. The smallest absolute Gasteiger partial charge is 0.334 e. The quantitative estimate of drug-likeness (QED) is 0.0634. The average Bonchev–Trinajstić information content (AvgIpc) is 3.77. The van der Waals surface area contributed by atoms with Crippen LogP contribution in [0.3, 0.4) is 0 Å². The van der Waals surface area contributed by atoms with E-state index in [1.54, 1.807) is 6.08 Å². The topological polar surface area (TPSA) is 126 Å². The highest BCUT2D eigenvalue weighted by Crippen LogP contribution is 2.31. The van der Waals surface area contributed by atoms with Crippen LogP contribution in [-0.2, 0) is 19.0 Å². The fourth-order valence-electron chi connectivity index (χ4n) is 7.31. The van der Waals surface area contributed by atoms with Crippen molar-refractivity contribution in [1.29, 1.82) is 0 Å². The lowest BCUT2D eigenvalue weighted by atomic mass is 9.99. The second-order valence-corrected chi connectivity index (χ2v) is 14.2. The minimum Gasteiger partial charge on any atom is -0.455 e. The maximum absolute atomic E-state index is 11.7. The predicted octanol–water partition coefficient (Wildman–Crippen LogP) is 6.83. The fourth-order valence-corrected chi connectivity index (χ4v) is 7.31. The number of cyclic esters (lactones) is 1. The molecular weight excluding hydrogens is 572 g/mol. The Morgan fingerprint density at radius 3 is 1.73 bits per heavy atom. The van der Waals surface area contributed by atoms with Gasteiger partial charge < -0.3 is 34.6 Å². The first-order chi connectivity index (χ1) is 21.8. The van der Waals surface area contributed by atoms with Gasteiger partial charge in [-0.25, -0.2) is 4.79 Å². The molecule has 0 amide bonds. The summed E-state index contributed by atoms with van der Waals surface area (Å²) >= 11 is 0. The van der Waals surface area contributed by atoms with Gasteiger partial charge in [0.05, 0.1) is 48.8 Å². The normalized spacial score (nSPS) is 27.8. The lowest BCUT2D eigenvalue weighted by molar-refractivity contribution is -0.139. The number of carbonyl (C=O) groups is 1. The fraction of sp³-hybridized carbons (Fsp3) is 0.919. The molecule has 3 aliphatic heterocycles. The van der Waals surface area contributed by atoms with Crippen molar-refractivity contribution in [3.05, 3.63) is 11.6 Å². The van der Waals surface area contributed by atoms with Crippen LogP contribution in [0.5, 0.6) is 0 Å². The van der Waals surface area contributed by atoms with Gasteiger partial charge >= 0.3 is 5.97 Å². The first-order valence-corrected chi connectivity index (χ1v) is 18.7. The molecule has 9 atom stereocenters. The summed E-state index contributed by atoms with van der Waals surface area (Å²) in [7, 11) is 0. The van der Waals surface area contributed by atoms with Gasteiger partial charge in [-0.05, 0) is 77.2 Å². The molecule has 262 valence electrons. The number of rotatable bonds is 25. The van der Waals surface area contributed by atoms with E-state index in [1.807, 2.05) is 6.92 Å². The minimum absolute atomic E-state index is 0.112. The molecule has 0 aromatic carbocycles. The number of esters is 1. The van der Waals surface area contributed by atoms with E-state index in [2.05, 4.69) is 6.92 Å². The molecule has 0 aromatic rings. The van der Waals surface area contributed by atoms with Gasteiger partial charge in [0.15, 0.2) is 0 Å². The Morgan fingerprint density at radius 2 is 1.16 bits per heavy atom. The zero-order valence-electron chi connectivity index (χ0n) is 28.5. The highest BCUT2D eigenvalue weighted by atomic mass is 16.5. The summed E-state index contributed by atoms with van der Waals surface area (Å²) in [6.45, 7) is 4.07. The van der Waals surface area contributed by atoms with E-state index in [4.69, 9.17) is 14.2 Å². The number of hydrogen-bond acceptors (Lipinski definition) is 8. The lowest BCUT2D eigenvalue weighted by Crippen LogP contribution is -2.31. The van der Waals surface area contributed by atoms with Gasteiger partial charge in [-0.2, -0.15) is 0 Å². The third-order valence-electron chi connectivity index (χ3n) is 10.1. The molecule has 4 N–H and O–H groups in total. The summed E-state index contributed by atoms with van der Waals surface area (Å²) in [6, 6.07) is 0. The Labute approximate surface area is 273 Å². The summed E-state index contributed by atoms with van der Waals surface area (Å²) in [5.74, 6) is -0.329. The van der Waals surface area contributed by atoms with Crippen LogP contribution in [0.15, 0.2) is 11.6 Å². The van der Waals surface area contributed by atoms with E-state index in [1.165, 1.54) is 57.8 Å². The zero-order chi connectivity index (χ0) is 32.4. The van der Waals surface area contributed by atoms with Crippen LogP contribution in [0.2, 0.25) is 0 Å². The molecule has 2 fully saturated rings. The van der Waals surface area contributed by atoms with Crippen molar-refractivity contribution in [2.24, 2.45) is 0 Å². The van der Waals surface area contributed by atoms with Crippen LogP contribution in [0, 0.1) is 0 Å². The Kier molecular flexibility index (Phi) is 18.6. The van der Waals surface area contributed by atoms with E-state index in [-0.39, 0.29) is 36.5 Å². The highest BCUT2D eigenvalue weighted by molar-refractivity contribution is 5.90. The summed E-state index contributed by atoms with van der Waals surface area (Å²) in [5.41, 5.74) is 0.557. The lowest BCUT2D eigenvalue weighted by Gasteiger charge is -2.23. The predicted molar refractivity (Wildman–Crippen MR) is 177 cm³/mol. The van der Waals surface area contributed by atoms with Crippen molar-refractivity contribution in [3.8, 4) is 0 Å². The molecule has 8 heteroatoms.